The van der Waals surface area contributed by atoms with Crippen LogP contribution in [0.1, 0.15) is 17.5 Å². The van der Waals surface area contributed by atoms with Gasteiger partial charge in [0.1, 0.15) is 12.7 Å². The lowest BCUT2D eigenvalue weighted by Gasteiger charge is -2.08. The summed E-state index contributed by atoms with van der Waals surface area (Å²) in [5, 5.41) is 19.8. The first-order valence-corrected chi connectivity index (χ1v) is 9.88. The molecule has 32 heavy (non-hydrogen) atoms. The van der Waals surface area contributed by atoms with Crippen LogP contribution in [0.2, 0.25) is 0 Å². The van der Waals surface area contributed by atoms with Crippen molar-refractivity contribution in [2.24, 2.45) is 0 Å². The van der Waals surface area contributed by atoms with Crippen LogP contribution < -0.4 is 5.32 Å². The molecule has 2 aromatic rings. The fourth-order valence-electron chi connectivity index (χ4n) is 2.56. The first-order chi connectivity index (χ1) is 15.4. The molecule has 166 valence electrons. The van der Waals surface area contributed by atoms with E-state index < -0.39 is 18.7 Å². The summed E-state index contributed by atoms with van der Waals surface area (Å²) >= 11 is 0. The Bertz CT molecular complexity index is 996. The second kappa shape index (κ2) is 12.8. The monoisotopic (exact) mass is 435 g/mol. The van der Waals surface area contributed by atoms with E-state index in [4.69, 9.17) is 14.9 Å². The molecule has 3 rings (SSSR count). The molecule has 7 heteroatoms. The molecule has 0 aliphatic carbocycles. The molecule has 0 saturated carbocycles. The third-order valence-corrected chi connectivity index (χ3v) is 4.22. The number of ether oxygens (including phenoxy) is 1. The Kier molecular flexibility index (Phi) is 9.77. The van der Waals surface area contributed by atoms with Crippen molar-refractivity contribution >= 4 is 29.4 Å². The van der Waals surface area contributed by atoms with Crippen LogP contribution in [0.5, 0.6) is 0 Å². The van der Waals surface area contributed by atoms with Crippen LogP contribution in [0.3, 0.4) is 0 Å². The molecule has 0 bridgehead atoms. The SMILES string of the molecule is C=C(CC=Cc1ccccc1)C(=O)OCC(O)CO.O=C1C=C(c2ccccc2)C(=O)N1. The number of allylic oxidation sites excluding steroid dienone is 1. The number of carbonyl (C=O) groups excluding carboxylic acids is 3. The Hall–Kier alpha value is -3.81. The third-order valence-electron chi connectivity index (χ3n) is 4.22. The van der Waals surface area contributed by atoms with Crippen molar-refractivity contribution in [3.63, 3.8) is 0 Å². The van der Waals surface area contributed by atoms with Gasteiger partial charge in [-0.3, -0.25) is 14.9 Å². The summed E-state index contributed by atoms with van der Waals surface area (Å²) < 4.78 is 4.78. The van der Waals surface area contributed by atoms with E-state index in [9.17, 15) is 14.4 Å². The molecule has 0 spiro atoms. The molecule has 1 aliphatic heterocycles. The van der Waals surface area contributed by atoms with Gasteiger partial charge in [-0.2, -0.15) is 0 Å². The largest absolute Gasteiger partial charge is 0.459 e. The number of imide groups is 1. The normalized spacial score (nSPS) is 13.6. The molecule has 1 atom stereocenters. The number of carbonyl (C=O) groups is 3. The Balaban J connectivity index is 0.000000242. The van der Waals surface area contributed by atoms with Crippen LogP contribution in [0.25, 0.3) is 11.6 Å². The number of aliphatic hydroxyl groups is 2. The zero-order chi connectivity index (χ0) is 23.3. The van der Waals surface area contributed by atoms with Gasteiger partial charge in [0.05, 0.1) is 12.2 Å². The maximum atomic E-state index is 11.5. The zero-order valence-corrected chi connectivity index (χ0v) is 17.4. The van der Waals surface area contributed by atoms with Crippen molar-refractivity contribution in [2.75, 3.05) is 13.2 Å². The molecule has 2 aromatic carbocycles. The van der Waals surface area contributed by atoms with E-state index in [0.717, 1.165) is 11.1 Å². The average Bonchev–Trinajstić information content (AvgIpc) is 3.16. The van der Waals surface area contributed by atoms with Crippen LogP contribution in [0.15, 0.2) is 85.0 Å². The maximum absolute atomic E-state index is 11.5. The molecule has 0 saturated heterocycles. The van der Waals surface area contributed by atoms with Crippen molar-refractivity contribution in [1.29, 1.82) is 0 Å². The van der Waals surface area contributed by atoms with Crippen molar-refractivity contribution < 1.29 is 29.3 Å². The molecule has 0 fully saturated rings. The van der Waals surface area contributed by atoms with Crippen molar-refractivity contribution in [3.05, 3.63) is 96.1 Å². The number of rotatable bonds is 8. The second-order valence-corrected chi connectivity index (χ2v) is 6.80. The highest BCUT2D eigenvalue weighted by molar-refractivity contribution is 6.33. The molecule has 7 nitrogen and oxygen atoms in total. The number of benzene rings is 2. The molecule has 0 radical (unpaired) electrons. The van der Waals surface area contributed by atoms with Crippen LogP contribution >= 0.6 is 0 Å². The Morgan fingerprint density at radius 2 is 1.69 bits per heavy atom. The van der Waals surface area contributed by atoms with Crippen LogP contribution in [-0.4, -0.2) is 47.3 Å². The van der Waals surface area contributed by atoms with E-state index in [-0.39, 0.29) is 18.4 Å². The maximum Gasteiger partial charge on any atom is 0.333 e. The smallest absolute Gasteiger partial charge is 0.333 e. The molecular formula is C25H25NO6. The van der Waals surface area contributed by atoms with Gasteiger partial charge in [-0.15, -0.1) is 0 Å². The number of hydrogen-bond acceptors (Lipinski definition) is 6. The van der Waals surface area contributed by atoms with E-state index >= 15 is 0 Å². The summed E-state index contributed by atoms with van der Waals surface area (Å²) in [6.45, 7) is 2.96. The van der Waals surface area contributed by atoms with Gasteiger partial charge < -0.3 is 14.9 Å². The van der Waals surface area contributed by atoms with E-state index in [0.29, 0.717) is 17.6 Å². The highest BCUT2D eigenvalue weighted by Crippen LogP contribution is 2.16. The zero-order valence-electron chi connectivity index (χ0n) is 17.4. The van der Waals surface area contributed by atoms with E-state index in [2.05, 4.69) is 11.9 Å². The molecule has 0 aromatic heterocycles. The Morgan fingerprint density at radius 3 is 2.25 bits per heavy atom. The number of nitrogens with one attached hydrogen (secondary N) is 1. The van der Waals surface area contributed by atoms with Gasteiger partial charge in [0.2, 0.25) is 0 Å². The Labute approximate surface area is 186 Å². The van der Waals surface area contributed by atoms with Gasteiger partial charge >= 0.3 is 5.97 Å². The summed E-state index contributed by atoms with van der Waals surface area (Å²) in [5.74, 6) is -1.23. The lowest BCUT2D eigenvalue weighted by Crippen LogP contribution is -2.22. The summed E-state index contributed by atoms with van der Waals surface area (Å²) in [5.41, 5.74) is 2.55. The first kappa shape index (κ1) is 24.5. The predicted molar refractivity (Wildman–Crippen MR) is 121 cm³/mol. The van der Waals surface area contributed by atoms with Gasteiger partial charge in [0, 0.05) is 11.6 Å². The summed E-state index contributed by atoms with van der Waals surface area (Å²) in [7, 11) is 0. The van der Waals surface area contributed by atoms with Gasteiger partial charge in [-0.1, -0.05) is 79.4 Å². The molecule has 1 heterocycles. The van der Waals surface area contributed by atoms with Crippen molar-refractivity contribution in [3.8, 4) is 0 Å². The average molecular weight is 435 g/mol. The topological polar surface area (TPSA) is 113 Å². The van der Waals surface area contributed by atoms with Gasteiger partial charge in [0.25, 0.3) is 11.8 Å². The lowest BCUT2D eigenvalue weighted by molar-refractivity contribution is -0.142. The number of hydrogen-bond donors (Lipinski definition) is 3. The predicted octanol–water partition coefficient (Wildman–Crippen LogP) is 2.27. The number of amides is 2. The minimum Gasteiger partial charge on any atom is -0.459 e. The van der Waals surface area contributed by atoms with Crippen LogP contribution in [0.4, 0.5) is 0 Å². The molecule has 2 amide bonds. The lowest BCUT2D eigenvalue weighted by atomic mass is 10.1. The van der Waals surface area contributed by atoms with E-state index in [1.54, 1.807) is 12.1 Å². The highest BCUT2D eigenvalue weighted by Gasteiger charge is 2.21. The number of esters is 1. The second-order valence-electron chi connectivity index (χ2n) is 6.80. The first-order valence-electron chi connectivity index (χ1n) is 9.88. The van der Waals surface area contributed by atoms with E-state index in [1.807, 2.05) is 60.7 Å². The summed E-state index contributed by atoms with van der Waals surface area (Å²) in [4.78, 5) is 33.5. The van der Waals surface area contributed by atoms with Crippen molar-refractivity contribution in [2.45, 2.75) is 12.5 Å². The Morgan fingerprint density at radius 1 is 1.06 bits per heavy atom. The van der Waals surface area contributed by atoms with Gasteiger partial charge in [0.15, 0.2) is 0 Å². The number of aliphatic hydroxyl groups excluding tert-OH is 2. The molecule has 3 N–H and O–H groups in total. The summed E-state index contributed by atoms with van der Waals surface area (Å²) in [6.07, 6.45) is 4.36. The van der Waals surface area contributed by atoms with E-state index in [1.165, 1.54) is 6.08 Å². The highest BCUT2D eigenvalue weighted by atomic mass is 16.5. The fraction of sp³-hybridized carbons (Fsp3) is 0.160. The van der Waals surface area contributed by atoms with Crippen LogP contribution in [0, 0.1) is 0 Å². The molecule has 1 aliphatic rings. The third kappa shape index (κ3) is 8.14. The van der Waals surface area contributed by atoms with Gasteiger partial charge in [-0.05, 0) is 17.5 Å². The minimum atomic E-state index is -1.04. The summed E-state index contributed by atoms with van der Waals surface area (Å²) in [6, 6.07) is 18.8. The quantitative estimate of drug-likeness (QED) is 0.333. The van der Waals surface area contributed by atoms with Crippen molar-refractivity contribution in [1.82, 2.24) is 5.32 Å². The van der Waals surface area contributed by atoms with Gasteiger partial charge in [-0.25, -0.2) is 4.79 Å². The molecule has 1 unspecified atom stereocenters. The standard InChI is InChI=1S/C15H18O4.C10H7NO2/c1-12(15(18)19-11-14(17)10-16)6-5-9-13-7-3-2-4-8-13;12-9-6-8(10(13)11-9)7-4-2-1-3-5-7/h2-5,7-9,14,16-17H,1,6,10-11H2;1-6H,(H,11,12,13). The van der Waals surface area contributed by atoms with Crippen LogP contribution in [-0.2, 0) is 19.1 Å². The molecular weight excluding hydrogens is 410 g/mol. The fourth-order valence-corrected chi connectivity index (χ4v) is 2.56. The minimum absolute atomic E-state index is 0.225.